The largest absolute Gasteiger partial charge is 0.469 e. The van der Waals surface area contributed by atoms with Crippen molar-refractivity contribution in [1.29, 1.82) is 0 Å². The van der Waals surface area contributed by atoms with Crippen LogP contribution in [-0.4, -0.2) is 32.7 Å². The molecule has 0 bridgehead atoms. The number of hydrogen-bond acceptors (Lipinski definition) is 6. The predicted molar refractivity (Wildman–Crippen MR) is 105 cm³/mol. The third-order valence-electron chi connectivity index (χ3n) is 2.83. The van der Waals surface area contributed by atoms with Crippen molar-refractivity contribution in [2.75, 3.05) is 31.8 Å². The van der Waals surface area contributed by atoms with E-state index >= 15 is 0 Å². The van der Waals surface area contributed by atoms with Gasteiger partial charge in [-0.05, 0) is 24.3 Å². The van der Waals surface area contributed by atoms with Crippen LogP contribution in [0.15, 0.2) is 73.3 Å². The highest BCUT2D eigenvalue weighted by atomic mass is 16.5. The molecule has 0 amide bonds. The molecule has 140 valence electrons. The summed E-state index contributed by atoms with van der Waals surface area (Å²) in [6.07, 6.45) is 1.51. The minimum absolute atomic E-state index is 0.191. The average Bonchev–Trinajstić information content (AvgIpc) is 2.69. The van der Waals surface area contributed by atoms with Crippen LogP contribution < -0.4 is 11.1 Å². The molecule has 0 heterocycles. The molecule has 0 unspecified atom stereocenters. The Kier molecular flexibility index (Phi) is 13.3. The maximum Gasteiger partial charge on any atom is 0.329 e. The van der Waals surface area contributed by atoms with Crippen molar-refractivity contribution in [2.24, 2.45) is 0 Å². The lowest BCUT2D eigenvalue weighted by Crippen LogP contribution is -2.09. The Balaban J connectivity index is 0.000000405. The maximum atomic E-state index is 10.7. The second kappa shape index (κ2) is 15.3. The summed E-state index contributed by atoms with van der Waals surface area (Å²) in [5.41, 5.74) is 7.20. The van der Waals surface area contributed by atoms with Gasteiger partial charge in [0.2, 0.25) is 0 Å². The number of para-hydroxylation sites is 2. The number of methoxy groups -OCH3 is 2. The van der Waals surface area contributed by atoms with E-state index in [1.807, 2.05) is 60.7 Å². The number of carbonyl (C=O) groups is 2. The topological polar surface area (TPSA) is 90.6 Å². The number of nitrogens with one attached hydrogen (secondary N) is 1. The molecule has 0 aromatic heterocycles. The van der Waals surface area contributed by atoms with Crippen LogP contribution in [-0.2, 0) is 19.1 Å². The van der Waals surface area contributed by atoms with Gasteiger partial charge in [-0.15, -0.1) is 0 Å². The van der Waals surface area contributed by atoms with Gasteiger partial charge in [0.1, 0.15) is 0 Å². The molecular weight excluding hydrogens is 332 g/mol. The number of nitrogen functional groups attached to an aromatic ring is 1. The Hall–Kier alpha value is -3.28. The van der Waals surface area contributed by atoms with Crippen LogP contribution in [0.1, 0.15) is 6.42 Å². The van der Waals surface area contributed by atoms with Crippen molar-refractivity contribution in [3.05, 3.63) is 73.3 Å². The van der Waals surface area contributed by atoms with Gasteiger partial charge in [0, 0.05) is 24.0 Å². The molecule has 0 fully saturated rings. The van der Waals surface area contributed by atoms with E-state index < -0.39 is 5.97 Å². The summed E-state index contributed by atoms with van der Waals surface area (Å²) in [5.74, 6) is -0.585. The lowest BCUT2D eigenvalue weighted by Gasteiger charge is -2.04. The van der Waals surface area contributed by atoms with Crippen LogP contribution in [0, 0.1) is 0 Å². The lowest BCUT2D eigenvalue weighted by molar-refractivity contribution is -0.140. The lowest BCUT2D eigenvalue weighted by atomic mass is 10.3. The molecule has 0 aliphatic rings. The number of benzene rings is 2. The first-order chi connectivity index (χ1) is 12.5. The van der Waals surface area contributed by atoms with Crippen molar-refractivity contribution in [2.45, 2.75) is 6.42 Å². The first-order valence-corrected chi connectivity index (χ1v) is 7.90. The Labute approximate surface area is 154 Å². The number of anilines is 2. The van der Waals surface area contributed by atoms with Gasteiger partial charge >= 0.3 is 11.9 Å². The van der Waals surface area contributed by atoms with Gasteiger partial charge in [-0.25, -0.2) is 4.79 Å². The molecule has 2 rings (SSSR count). The smallest absolute Gasteiger partial charge is 0.329 e. The fraction of sp³-hybridized carbons (Fsp3) is 0.200. The number of nitrogens with two attached hydrogens (primary N) is 1. The summed E-state index contributed by atoms with van der Waals surface area (Å²) in [4.78, 5) is 20.6. The Morgan fingerprint density at radius 3 is 1.88 bits per heavy atom. The molecule has 0 aliphatic carbocycles. The van der Waals surface area contributed by atoms with Crippen molar-refractivity contribution in [1.82, 2.24) is 0 Å². The van der Waals surface area contributed by atoms with Gasteiger partial charge in [0.05, 0.1) is 20.6 Å². The number of carbonyl (C=O) groups excluding carboxylic acids is 2. The zero-order valence-corrected chi connectivity index (χ0v) is 15.2. The van der Waals surface area contributed by atoms with Gasteiger partial charge in [0.25, 0.3) is 0 Å². The second-order valence-electron chi connectivity index (χ2n) is 4.76. The first kappa shape index (κ1) is 22.7. The maximum absolute atomic E-state index is 10.7. The Bertz CT molecular complexity index is 631. The van der Waals surface area contributed by atoms with Crippen LogP contribution in [0.4, 0.5) is 11.4 Å². The molecule has 26 heavy (non-hydrogen) atoms. The monoisotopic (exact) mass is 358 g/mol. The molecule has 2 aromatic rings. The van der Waals surface area contributed by atoms with Crippen molar-refractivity contribution in [3.8, 4) is 0 Å². The highest BCUT2D eigenvalue weighted by molar-refractivity contribution is 5.80. The Morgan fingerprint density at radius 2 is 1.54 bits per heavy atom. The summed E-state index contributed by atoms with van der Waals surface area (Å²) < 4.78 is 8.65. The fourth-order valence-electron chi connectivity index (χ4n) is 1.50. The first-order valence-electron chi connectivity index (χ1n) is 7.90. The van der Waals surface area contributed by atoms with E-state index in [4.69, 9.17) is 5.73 Å². The van der Waals surface area contributed by atoms with Crippen LogP contribution in [0.5, 0.6) is 0 Å². The zero-order valence-electron chi connectivity index (χ0n) is 15.2. The molecule has 2 aromatic carbocycles. The van der Waals surface area contributed by atoms with Crippen LogP contribution in [0.25, 0.3) is 0 Å². The van der Waals surface area contributed by atoms with Crippen LogP contribution in [0.3, 0.4) is 0 Å². The third kappa shape index (κ3) is 13.2. The minimum Gasteiger partial charge on any atom is -0.469 e. The van der Waals surface area contributed by atoms with E-state index in [1.54, 1.807) is 0 Å². The molecule has 3 N–H and O–H groups in total. The SMILES string of the molecule is C=CC(=O)OC.COC(=O)CCNc1ccccc1.Nc1ccccc1. The van der Waals surface area contributed by atoms with Crippen molar-refractivity contribution >= 4 is 23.3 Å². The zero-order chi connectivity index (χ0) is 19.6. The van der Waals surface area contributed by atoms with Gasteiger partial charge in [-0.2, -0.15) is 0 Å². The van der Waals surface area contributed by atoms with E-state index in [2.05, 4.69) is 21.4 Å². The number of rotatable bonds is 5. The summed E-state index contributed by atoms with van der Waals surface area (Å²) in [5, 5.41) is 3.11. The van der Waals surface area contributed by atoms with Crippen LogP contribution >= 0.6 is 0 Å². The van der Waals surface area contributed by atoms with E-state index in [0.29, 0.717) is 13.0 Å². The molecule has 0 saturated carbocycles. The van der Waals surface area contributed by atoms with Crippen molar-refractivity contribution < 1.29 is 19.1 Å². The summed E-state index contributed by atoms with van der Waals surface area (Å²) in [6.45, 7) is 3.76. The van der Waals surface area contributed by atoms with E-state index in [-0.39, 0.29) is 5.97 Å². The van der Waals surface area contributed by atoms with Gasteiger partial charge < -0.3 is 20.5 Å². The summed E-state index contributed by atoms with van der Waals surface area (Å²) in [6, 6.07) is 19.2. The predicted octanol–water partition coefficient (Wildman–Crippen LogP) is 3.28. The van der Waals surface area contributed by atoms with E-state index in [0.717, 1.165) is 17.5 Å². The number of ether oxygens (including phenoxy) is 2. The highest BCUT2D eigenvalue weighted by Gasteiger charge is 1.98. The van der Waals surface area contributed by atoms with Crippen LogP contribution in [0.2, 0.25) is 0 Å². The molecule has 0 atom stereocenters. The van der Waals surface area contributed by atoms with Crippen molar-refractivity contribution in [3.63, 3.8) is 0 Å². The van der Waals surface area contributed by atoms with Gasteiger partial charge in [0.15, 0.2) is 0 Å². The molecule has 0 aliphatic heterocycles. The molecule has 0 saturated heterocycles. The van der Waals surface area contributed by atoms with Gasteiger partial charge in [-0.1, -0.05) is 43.0 Å². The quantitative estimate of drug-likeness (QED) is 0.484. The fourth-order valence-corrected chi connectivity index (χ4v) is 1.50. The van der Waals surface area contributed by atoms with Gasteiger partial charge in [-0.3, -0.25) is 4.79 Å². The third-order valence-corrected chi connectivity index (χ3v) is 2.83. The summed E-state index contributed by atoms with van der Waals surface area (Å²) in [7, 11) is 2.70. The minimum atomic E-state index is -0.394. The van der Waals surface area contributed by atoms with E-state index in [9.17, 15) is 9.59 Å². The number of hydrogen-bond donors (Lipinski definition) is 2. The van der Waals surface area contributed by atoms with E-state index in [1.165, 1.54) is 14.2 Å². The number of esters is 2. The molecular formula is C20H26N2O4. The molecule has 6 nitrogen and oxygen atoms in total. The standard InChI is InChI=1S/C10H13NO2.C6H7N.C4H6O2/c1-13-10(12)7-8-11-9-5-3-2-4-6-9;7-6-4-2-1-3-5-6;1-3-4(5)6-2/h2-6,11H,7-8H2,1H3;1-5H,7H2;3H,1H2,2H3. The highest BCUT2D eigenvalue weighted by Crippen LogP contribution is 2.04. The second-order valence-corrected chi connectivity index (χ2v) is 4.76. The molecule has 0 radical (unpaired) electrons. The summed E-state index contributed by atoms with van der Waals surface area (Å²) >= 11 is 0. The normalized spacial score (nSPS) is 8.54. The Morgan fingerprint density at radius 1 is 1.00 bits per heavy atom. The molecule has 0 spiro atoms. The average molecular weight is 358 g/mol. The molecule has 6 heteroatoms.